The standard InChI is InChI=1S/C15H23NO/c1-12-5-3-6-13(2)15(12)10-16-9-14-7-4-8-17-11-14/h3,5-6,14,16H,4,7-11H2,1-2H3. The molecule has 0 bridgehead atoms. The Morgan fingerprint density at radius 2 is 2.06 bits per heavy atom. The molecule has 1 aromatic carbocycles. The van der Waals surface area contributed by atoms with Gasteiger partial charge in [-0.15, -0.1) is 0 Å². The summed E-state index contributed by atoms with van der Waals surface area (Å²) in [4.78, 5) is 0. The molecule has 94 valence electrons. The van der Waals surface area contributed by atoms with Gasteiger partial charge in [0.15, 0.2) is 0 Å². The third-order valence-corrected chi connectivity index (χ3v) is 3.63. The molecule has 1 unspecified atom stereocenters. The molecular weight excluding hydrogens is 210 g/mol. The molecule has 0 radical (unpaired) electrons. The van der Waals surface area contributed by atoms with Crippen molar-refractivity contribution >= 4 is 0 Å². The summed E-state index contributed by atoms with van der Waals surface area (Å²) in [6.07, 6.45) is 2.52. The molecule has 1 aliphatic heterocycles. The number of rotatable bonds is 4. The lowest BCUT2D eigenvalue weighted by molar-refractivity contribution is 0.0547. The van der Waals surface area contributed by atoms with E-state index in [0.717, 1.165) is 26.3 Å². The summed E-state index contributed by atoms with van der Waals surface area (Å²) in [6.45, 7) is 8.32. The summed E-state index contributed by atoms with van der Waals surface area (Å²) in [7, 11) is 0. The largest absolute Gasteiger partial charge is 0.381 e. The van der Waals surface area contributed by atoms with Gasteiger partial charge in [0.1, 0.15) is 0 Å². The molecule has 2 heteroatoms. The number of hydrogen-bond acceptors (Lipinski definition) is 2. The zero-order chi connectivity index (χ0) is 12.1. The molecule has 0 aliphatic carbocycles. The van der Waals surface area contributed by atoms with E-state index in [1.807, 2.05) is 0 Å². The fourth-order valence-corrected chi connectivity index (χ4v) is 2.50. The van der Waals surface area contributed by atoms with Gasteiger partial charge in [-0.3, -0.25) is 0 Å². The summed E-state index contributed by atoms with van der Waals surface area (Å²) >= 11 is 0. The van der Waals surface area contributed by atoms with Gasteiger partial charge in [0.25, 0.3) is 0 Å². The molecule has 1 aromatic rings. The van der Waals surface area contributed by atoms with Crippen LogP contribution < -0.4 is 5.32 Å². The second kappa shape index (κ2) is 6.18. The molecule has 2 rings (SSSR count). The van der Waals surface area contributed by atoms with Gasteiger partial charge in [-0.25, -0.2) is 0 Å². The van der Waals surface area contributed by atoms with Crippen molar-refractivity contribution in [3.8, 4) is 0 Å². The van der Waals surface area contributed by atoms with Gasteiger partial charge in [-0.2, -0.15) is 0 Å². The smallest absolute Gasteiger partial charge is 0.0506 e. The molecule has 0 aromatic heterocycles. The first-order chi connectivity index (χ1) is 8.27. The maximum Gasteiger partial charge on any atom is 0.0506 e. The maximum atomic E-state index is 5.49. The van der Waals surface area contributed by atoms with Crippen LogP contribution in [0.15, 0.2) is 18.2 Å². The molecule has 1 N–H and O–H groups in total. The molecule has 0 amide bonds. The minimum Gasteiger partial charge on any atom is -0.381 e. The highest BCUT2D eigenvalue weighted by Crippen LogP contribution is 2.15. The van der Waals surface area contributed by atoms with Crippen LogP contribution in [-0.4, -0.2) is 19.8 Å². The third-order valence-electron chi connectivity index (χ3n) is 3.63. The summed E-state index contributed by atoms with van der Waals surface area (Å²) in [5.74, 6) is 0.702. The van der Waals surface area contributed by atoms with Gasteiger partial charge in [0.2, 0.25) is 0 Å². The van der Waals surface area contributed by atoms with Crippen LogP contribution >= 0.6 is 0 Å². The lowest BCUT2D eigenvalue weighted by Crippen LogP contribution is -2.29. The van der Waals surface area contributed by atoms with Crippen LogP contribution in [0.5, 0.6) is 0 Å². The first kappa shape index (κ1) is 12.6. The van der Waals surface area contributed by atoms with E-state index in [4.69, 9.17) is 4.74 Å². The summed E-state index contributed by atoms with van der Waals surface area (Å²) < 4.78 is 5.49. The third kappa shape index (κ3) is 3.55. The zero-order valence-corrected chi connectivity index (χ0v) is 11.0. The lowest BCUT2D eigenvalue weighted by Gasteiger charge is -2.22. The van der Waals surface area contributed by atoms with Crippen LogP contribution in [0.25, 0.3) is 0 Å². The number of benzene rings is 1. The Kier molecular flexibility index (Phi) is 4.57. The predicted octanol–water partition coefficient (Wildman–Crippen LogP) is 2.82. The summed E-state index contributed by atoms with van der Waals surface area (Å²) in [6, 6.07) is 6.50. The molecule has 0 spiro atoms. The number of ether oxygens (including phenoxy) is 1. The van der Waals surface area contributed by atoms with E-state index in [1.54, 1.807) is 0 Å². The Bertz CT molecular complexity index is 336. The van der Waals surface area contributed by atoms with Crippen molar-refractivity contribution in [2.45, 2.75) is 33.2 Å². The van der Waals surface area contributed by atoms with E-state index < -0.39 is 0 Å². The average molecular weight is 233 g/mol. The molecule has 17 heavy (non-hydrogen) atoms. The van der Waals surface area contributed by atoms with E-state index in [-0.39, 0.29) is 0 Å². The van der Waals surface area contributed by atoms with E-state index in [2.05, 4.69) is 37.4 Å². The normalized spacial score (nSPS) is 20.5. The van der Waals surface area contributed by atoms with Gasteiger partial charge >= 0.3 is 0 Å². The average Bonchev–Trinajstić information content (AvgIpc) is 2.34. The van der Waals surface area contributed by atoms with Gasteiger partial charge in [-0.1, -0.05) is 18.2 Å². The Balaban J connectivity index is 1.81. The lowest BCUT2D eigenvalue weighted by atomic mass is 10.0. The minimum atomic E-state index is 0.702. The quantitative estimate of drug-likeness (QED) is 0.863. The number of hydrogen-bond donors (Lipinski definition) is 1. The van der Waals surface area contributed by atoms with Crippen LogP contribution in [-0.2, 0) is 11.3 Å². The van der Waals surface area contributed by atoms with Gasteiger partial charge in [-0.05, 0) is 49.3 Å². The fourth-order valence-electron chi connectivity index (χ4n) is 2.50. The van der Waals surface area contributed by atoms with Crippen LogP contribution in [0.2, 0.25) is 0 Å². The molecule has 1 fully saturated rings. The Hall–Kier alpha value is -0.860. The molecular formula is C15H23NO. The molecule has 1 heterocycles. The van der Waals surface area contributed by atoms with E-state index >= 15 is 0 Å². The van der Waals surface area contributed by atoms with Gasteiger partial charge in [0, 0.05) is 19.7 Å². The predicted molar refractivity (Wildman–Crippen MR) is 71.2 cm³/mol. The molecule has 0 saturated carbocycles. The van der Waals surface area contributed by atoms with Crippen molar-refractivity contribution < 1.29 is 4.74 Å². The second-order valence-electron chi connectivity index (χ2n) is 5.08. The first-order valence-electron chi connectivity index (χ1n) is 6.61. The monoisotopic (exact) mass is 233 g/mol. The molecule has 1 saturated heterocycles. The topological polar surface area (TPSA) is 21.3 Å². The second-order valence-corrected chi connectivity index (χ2v) is 5.08. The Morgan fingerprint density at radius 3 is 2.71 bits per heavy atom. The van der Waals surface area contributed by atoms with Crippen molar-refractivity contribution in [1.29, 1.82) is 0 Å². The SMILES string of the molecule is Cc1cccc(C)c1CNCC1CCCOC1. The van der Waals surface area contributed by atoms with Gasteiger partial charge in [0.05, 0.1) is 6.61 Å². The van der Waals surface area contributed by atoms with Crippen molar-refractivity contribution in [1.82, 2.24) is 5.32 Å². The van der Waals surface area contributed by atoms with Crippen molar-refractivity contribution in [3.05, 3.63) is 34.9 Å². The minimum absolute atomic E-state index is 0.702. The van der Waals surface area contributed by atoms with Crippen LogP contribution in [0.3, 0.4) is 0 Å². The zero-order valence-electron chi connectivity index (χ0n) is 11.0. The highest BCUT2D eigenvalue weighted by molar-refractivity contribution is 5.33. The van der Waals surface area contributed by atoms with Crippen LogP contribution in [0.1, 0.15) is 29.5 Å². The highest BCUT2D eigenvalue weighted by atomic mass is 16.5. The Morgan fingerprint density at radius 1 is 1.29 bits per heavy atom. The van der Waals surface area contributed by atoms with Crippen molar-refractivity contribution in [2.24, 2.45) is 5.92 Å². The Labute approximate surface area is 104 Å². The molecule has 1 aliphatic rings. The van der Waals surface area contributed by atoms with Crippen molar-refractivity contribution in [3.63, 3.8) is 0 Å². The maximum absolute atomic E-state index is 5.49. The number of aryl methyl sites for hydroxylation is 2. The van der Waals surface area contributed by atoms with Crippen LogP contribution in [0, 0.1) is 19.8 Å². The van der Waals surface area contributed by atoms with E-state index in [0.29, 0.717) is 5.92 Å². The molecule has 1 atom stereocenters. The van der Waals surface area contributed by atoms with Gasteiger partial charge < -0.3 is 10.1 Å². The van der Waals surface area contributed by atoms with Crippen molar-refractivity contribution in [2.75, 3.05) is 19.8 Å². The highest BCUT2D eigenvalue weighted by Gasteiger charge is 2.13. The summed E-state index contributed by atoms with van der Waals surface area (Å²) in [5.41, 5.74) is 4.22. The molecule has 2 nitrogen and oxygen atoms in total. The fraction of sp³-hybridized carbons (Fsp3) is 0.600. The van der Waals surface area contributed by atoms with Crippen LogP contribution in [0.4, 0.5) is 0 Å². The first-order valence-corrected chi connectivity index (χ1v) is 6.61. The van der Waals surface area contributed by atoms with E-state index in [9.17, 15) is 0 Å². The van der Waals surface area contributed by atoms with E-state index in [1.165, 1.54) is 29.5 Å². The number of nitrogens with one attached hydrogen (secondary N) is 1. The summed E-state index contributed by atoms with van der Waals surface area (Å²) in [5, 5.41) is 3.57.